The molecule has 1 aromatic heterocycles. The van der Waals surface area contributed by atoms with Gasteiger partial charge >= 0.3 is 6.03 Å². The summed E-state index contributed by atoms with van der Waals surface area (Å²) in [6, 6.07) is 7.34. The van der Waals surface area contributed by atoms with Gasteiger partial charge in [0, 0.05) is 24.2 Å². The van der Waals surface area contributed by atoms with Gasteiger partial charge in [0.25, 0.3) is 0 Å². The number of morpholine rings is 1. The van der Waals surface area contributed by atoms with Gasteiger partial charge in [-0.05, 0) is 31.4 Å². The maximum absolute atomic E-state index is 12.8. The predicted octanol–water partition coefficient (Wildman–Crippen LogP) is 2.74. The molecule has 0 atom stereocenters. The normalized spacial score (nSPS) is 17.9. The van der Waals surface area contributed by atoms with E-state index in [9.17, 15) is 4.79 Å². The second kappa shape index (κ2) is 7.71. The Bertz CT molecular complexity index is 846. The fourth-order valence-electron chi connectivity index (χ4n) is 3.79. The maximum Gasteiger partial charge on any atom is 0.323 e. The minimum Gasteiger partial charge on any atom is -0.497 e. The van der Waals surface area contributed by atoms with Crippen molar-refractivity contribution in [3.05, 3.63) is 36.0 Å². The number of ether oxygens (including phenoxy) is 3. The van der Waals surface area contributed by atoms with Crippen LogP contribution in [0.1, 0.15) is 24.8 Å². The first-order valence-corrected chi connectivity index (χ1v) is 9.55. The first-order valence-electron chi connectivity index (χ1n) is 9.55. The molecule has 2 amide bonds. The van der Waals surface area contributed by atoms with E-state index >= 15 is 0 Å². The second-order valence-corrected chi connectivity index (χ2v) is 7.29. The van der Waals surface area contributed by atoms with Crippen molar-refractivity contribution in [2.24, 2.45) is 0 Å². The van der Waals surface area contributed by atoms with Crippen LogP contribution in [0.15, 0.2) is 30.5 Å². The van der Waals surface area contributed by atoms with Gasteiger partial charge in [-0.25, -0.2) is 9.48 Å². The van der Waals surface area contributed by atoms with E-state index in [-0.39, 0.29) is 11.6 Å². The number of hydrogen-bond donors (Lipinski definition) is 1. The highest BCUT2D eigenvalue weighted by Gasteiger charge is 2.43. The summed E-state index contributed by atoms with van der Waals surface area (Å²) >= 11 is 0. The zero-order chi connectivity index (χ0) is 19.6. The van der Waals surface area contributed by atoms with Crippen LogP contribution in [0, 0.1) is 0 Å². The smallest absolute Gasteiger partial charge is 0.323 e. The van der Waals surface area contributed by atoms with E-state index in [1.165, 1.54) is 6.42 Å². The third-order valence-corrected chi connectivity index (χ3v) is 5.57. The largest absolute Gasteiger partial charge is 0.497 e. The standard InChI is InChI=1S/C20H26N4O4/c1-26-16-5-4-15(17(12-16)27-2)13-24-18(6-9-21-24)22-19(25)23-10-11-28-20(14-23)7-3-8-20/h4-6,9,12H,3,7-8,10-11,13-14H2,1-2H3,(H,22,25). The van der Waals surface area contributed by atoms with Crippen molar-refractivity contribution in [1.29, 1.82) is 0 Å². The van der Waals surface area contributed by atoms with Crippen LogP contribution in [0.2, 0.25) is 0 Å². The molecule has 2 aromatic rings. The van der Waals surface area contributed by atoms with E-state index in [0.717, 1.165) is 24.2 Å². The molecular weight excluding hydrogens is 360 g/mol. The Morgan fingerprint density at radius 1 is 1.29 bits per heavy atom. The first kappa shape index (κ1) is 18.6. The van der Waals surface area contributed by atoms with Crippen molar-refractivity contribution in [3.8, 4) is 11.5 Å². The van der Waals surface area contributed by atoms with E-state index in [1.807, 2.05) is 23.1 Å². The lowest BCUT2D eigenvalue weighted by atomic mass is 9.79. The van der Waals surface area contributed by atoms with Gasteiger partial charge in [0.15, 0.2) is 0 Å². The number of carbonyl (C=O) groups excluding carboxylic acids is 1. The maximum atomic E-state index is 12.8. The zero-order valence-electron chi connectivity index (χ0n) is 16.3. The Labute approximate surface area is 164 Å². The lowest BCUT2D eigenvalue weighted by Crippen LogP contribution is -2.57. The van der Waals surface area contributed by atoms with Gasteiger partial charge in [0.1, 0.15) is 17.3 Å². The Morgan fingerprint density at radius 3 is 2.86 bits per heavy atom. The van der Waals surface area contributed by atoms with E-state index in [0.29, 0.717) is 37.8 Å². The molecule has 2 fully saturated rings. The van der Waals surface area contributed by atoms with E-state index in [4.69, 9.17) is 14.2 Å². The number of hydrogen-bond acceptors (Lipinski definition) is 5. The zero-order valence-corrected chi connectivity index (χ0v) is 16.3. The SMILES string of the molecule is COc1ccc(Cn2nccc2NC(=O)N2CCOC3(CCC3)C2)c(OC)c1. The number of benzene rings is 1. The lowest BCUT2D eigenvalue weighted by molar-refractivity contribution is -0.140. The van der Waals surface area contributed by atoms with Crippen LogP contribution in [-0.4, -0.2) is 60.2 Å². The van der Waals surface area contributed by atoms with Crippen molar-refractivity contribution in [2.45, 2.75) is 31.4 Å². The van der Waals surface area contributed by atoms with Crippen molar-refractivity contribution >= 4 is 11.8 Å². The van der Waals surface area contributed by atoms with Crippen LogP contribution >= 0.6 is 0 Å². The number of nitrogens with one attached hydrogen (secondary N) is 1. The van der Waals surface area contributed by atoms with Gasteiger partial charge in [0.05, 0.1) is 45.7 Å². The lowest BCUT2D eigenvalue weighted by Gasteiger charge is -2.48. The van der Waals surface area contributed by atoms with Gasteiger partial charge in [-0.15, -0.1) is 0 Å². The monoisotopic (exact) mass is 386 g/mol. The Morgan fingerprint density at radius 2 is 2.14 bits per heavy atom. The summed E-state index contributed by atoms with van der Waals surface area (Å²) in [5.41, 5.74) is 0.828. The minimum atomic E-state index is -0.119. The van der Waals surface area contributed by atoms with Crippen LogP contribution < -0.4 is 14.8 Å². The van der Waals surface area contributed by atoms with Crippen LogP contribution in [0.25, 0.3) is 0 Å². The molecule has 0 unspecified atom stereocenters. The molecule has 2 aliphatic rings. The molecule has 1 aliphatic carbocycles. The molecule has 28 heavy (non-hydrogen) atoms. The van der Waals surface area contributed by atoms with Crippen LogP contribution in [0.3, 0.4) is 0 Å². The summed E-state index contributed by atoms with van der Waals surface area (Å²) in [6.07, 6.45) is 4.92. The molecule has 1 saturated carbocycles. The van der Waals surface area contributed by atoms with Gasteiger partial charge < -0.3 is 19.1 Å². The number of anilines is 1. The van der Waals surface area contributed by atoms with Crippen molar-refractivity contribution in [2.75, 3.05) is 39.2 Å². The van der Waals surface area contributed by atoms with Crippen LogP contribution in [0.5, 0.6) is 11.5 Å². The minimum absolute atomic E-state index is 0.113. The fourth-order valence-corrected chi connectivity index (χ4v) is 3.79. The fraction of sp³-hybridized carbons (Fsp3) is 0.500. The van der Waals surface area contributed by atoms with E-state index in [1.54, 1.807) is 31.2 Å². The summed E-state index contributed by atoms with van der Waals surface area (Å²) in [7, 11) is 3.24. The molecule has 1 aromatic carbocycles. The molecule has 8 nitrogen and oxygen atoms in total. The molecule has 1 N–H and O–H groups in total. The summed E-state index contributed by atoms with van der Waals surface area (Å²) in [6.45, 7) is 2.33. The Kier molecular flexibility index (Phi) is 5.13. The molecule has 1 aliphatic heterocycles. The number of nitrogens with zero attached hydrogens (tertiary/aromatic N) is 3. The van der Waals surface area contributed by atoms with Crippen molar-refractivity contribution < 1.29 is 19.0 Å². The number of rotatable bonds is 5. The quantitative estimate of drug-likeness (QED) is 0.855. The number of methoxy groups -OCH3 is 2. The Hall–Kier alpha value is -2.74. The van der Waals surface area contributed by atoms with Gasteiger partial charge in [-0.1, -0.05) is 0 Å². The highest BCUT2D eigenvalue weighted by molar-refractivity contribution is 5.88. The average Bonchev–Trinajstić information content (AvgIpc) is 3.13. The molecule has 0 radical (unpaired) electrons. The second-order valence-electron chi connectivity index (χ2n) is 7.29. The summed E-state index contributed by atoms with van der Waals surface area (Å²) < 4.78 is 18.4. The molecule has 1 saturated heterocycles. The molecule has 2 heterocycles. The Balaban J connectivity index is 1.45. The molecule has 0 bridgehead atoms. The average molecular weight is 386 g/mol. The van der Waals surface area contributed by atoms with Crippen molar-refractivity contribution in [1.82, 2.24) is 14.7 Å². The van der Waals surface area contributed by atoms with E-state index < -0.39 is 0 Å². The number of urea groups is 1. The summed E-state index contributed by atoms with van der Waals surface area (Å²) in [5.74, 6) is 2.09. The number of aromatic nitrogens is 2. The van der Waals surface area contributed by atoms with Gasteiger partial charge in [0.2, 0.25) is 0 Å². The topological polar surface area (TPSA) is 77.9 Å². The first-order chi connectivity index (χ1) is 13.6. The van der Waals surface area contributed by atoms with Crippen molar-refractivity contribution in [3.63, 3.8) is 0 Å². The molecule has 4 rings (SSSR count). The van der Waals surface area contributed by atoms with Gasteiger partial charge in [-0.3, -0.25) is 5.32 Å². The van der Waals surface area contributed by atoms with Gasteiger partial charge in [-0.2, -0.15) is 5.10 Å². The predicted molar refractivity (Wildman–Crippen MR) is 104 cm³/mol. The van der Waals surface area contributed by atoms with Crippen LogP contribution in [-0.2, 0) is 11.3 Å². The molecular formula is C20H26N4O4. The third-order valence-electron chi connectivity index (χ3n) is 5.57. The summed E-state index contributed by atoms with van der Waals surface area (Å²) in [5, 5.41) is 7.35. The van der Waals surface area contributed by atoms with Crippen LogP contribution in [0.4, 0.5) is 10.6 Å². The summed E-state index contributed by atoms with van der Waals surface area (Å²) in [4.78, 5) is 14.6. The third kappa shape index (κ3) is 3.64. The molecule has 8 heteroatoms. The molecule has 150 valence electrons. The number of carbonyl (C=O) groups is 1. The number of amides is 2. The molecule has 1 spiro atoms. The highest BCUT2D eigenvalue weighted by Crippen LogP contribution is 2.38. The highest BCUT2D eigenvalue weighted by atomic mass is 16.5. The van der Waals surface area contributed by atoms with E-state index in [2.05, 4.69) is 10.4 Å².